The minimum Gasteiger partial charge on any atom is -0.166 e. The summed E-state index contributed by atoms with van der Waals surface area (Å²) >= 11 is 0. The molecule has 8 rings (SSSR count). The predicted molar refractivity (Wildman–Crippen MR) is 165 cm³/mol. The van der Waals surface area contributed by atoms with Crippen molar-refractivity contribution in [1.82, 2.24) is 4.58 Å². The third kappa shape index (κ3) is 4.03. The summed E-state index contributed by atoms with van der Waals surface area (Å²) in [7, 11) is 4.02. The van der Waals surface area contributed by atoms with E-state index < -0.39 is 5.41 Å². The van der Waals surface area contributed by atoms with Gasteiger partial charge < -0.3 is 0 Å². The summed E-state index contributed by atoms with van der Waals surface area (Å²) in [5.74, 6) is 0. The average molecular weight is 736 g/mol. The normalized spacial score (nSPS) is 15.0. The fourth-order valence-electron chi connectivity index (χ4n) is 6.71. The number of rotatable bonds is 4. The summed E-state index contributed by atoms with van der Waals surface area (Å²) in [6, 6.07) is 51.5. The van der Waals surface area contributed by atoms with Crippen LogP contribution in [0.15, 0.2) is 116 Å². The van der Waals surface area contributed by atoms with Crippen molar-refractivity contribution < 1.29 is 34.8 Å². The summed E-state index contributed by atoms with van der Waals surface area (Å²) in [4.78, 5) is 0. The van der Waals surface area contributed by atoms with Gasteiger partial charge in [-0.25, -0.2) is 0 Å². The minimum atomic E-state index is -0.621. The molecule has 0 atom stereocenters. The predicted octanol–water partition coefficient (Wildman–Crippen LogP) is 7.20. The maximum Gasteiger partial charge on any atom is 2.00 e. The Bertz CT molecular complexity index is 2110. The number of hydrogen-bond acceptors (Lipinski definition) is 0. The van der Waals surface area contributed by atoms with Gasteiger partial charge in [-0.05, 0) is 22.3 Å². The number of benzene rings is 5. The van der Waals surface area contributed by atoms with E-state index in [9.17, 15) is 0 Å². The monoisotopic (exact) mass is 735 g/mol. The first-order valence-electron chi connectivity index (χ1n) is 14.2. The van der Waals surface area contributed by atoms with Gasteiger partial charge in [-0.3, -0.25) is 0 Å². The number of aryl methyl sites for hydroxylation is 1. The quantitative estimate of drug-likeness (QED) is 0.134. The molecule has 0 saturated carbocycles. The molecule has 0 aromatic heterocycles. The van der Waals surface area contributed by atoms with E-state index in [0.29, 0.717) is 0 Å². The van der Waals surface area contributed by atoms with Gasteiger partial charge in [0.05, 0.1) is 0 Å². The van der Waals surface area contributed by atoms with E-state index in [0.717, 1.165) is 39.4 Å². The van der Waals surface area contributed by atoms with Gasteiger partial charge in [-0.1, -0.05) is 98.0 Å². The summed E-state index contributed by atoms with van der Waals surface area (Å²) in [5.41, 5.74) is 11.8. The van der Waals surface area contributed by atoms with E-state index in [4.69, 9.17) is 0 Å². The average Bonchev–Trinajstić information content (AvgIpc) is 3.70. The van der Waals surface area contributed by atoms with Crippen molar-refractivity contribution in [3.05, 3.63) is 155 Å². The topological polar surface area (TPSA) is 12.0 Å². The molecule has 0 N–H and O–H groups in total. The molecule has 0 bridgehead atoms. The molecule has 5 aromatic carbocycles. The number of nitrogens with zero attached hydrogens (tertiary/aromatic N) is 4. The molecule has 4 nitrogen and oxygen atoms in total. The first-order valence-corrected chi connectivity index (χ1v) is 14.2. The van der Waals surface area contributed by atoms with Crippen LogP contribution in [0.25, 0.3) is 11.1 Å². The summed E-state index contributed by atoms with van der Waals surface area (Å²) in [6.45, 7) is 2.17. The summed E-state index contributed by atoms with van der Waals surface area (Å²) in [5, 5.41) is 0. The zero-order valence-electron chi connectivity index (χ0n) is 24.1. The van der Waals surface area contributed by atoms with Gasteiger partial charge in [0.1, 0.15) is 11.4 Å². The van der Waals surface area contributed by atoms with Gasteiger partial charge >= 0.3 is 33.1 Å². The van der Waals surface area contributed by atoms with Crippen molar-refractivity contribution >= 4 is 34.8 Å². The molecule has 43 heavy (non-hydrogen) atoms. The van der Waals surface area contributed by atoms with Gasteiger partial charge in [-0.2, -0.15) is 23.8 Å². The van der Waals surface area contributed by atoms with Crippen molar-refractivity contribution in [3.63, 3.8) is 0 Å². The Morgan fingerprint density at radius 2 is 1.28 bits per heavy atom. The van der Waals surface area contributed by atoms with Crippen molar-refractivity contribution in [2.45, 2.75) is 12.3 Å². The van der Waals surface area contributed by atoms with Crippen molar-refractivity contribution in [3.8, 4) is 11.1 Å². The van der Waals surface area contributed by atoms with Crippen LogP contribution in [0, 0.1) is 19.1 Å². The molecule has 3 aliphatic rings. The molecule has 0 radical (unpaired) electrons. The third-order valence-electron chi connectivity index (χ3n) is 8.48. The summed E-state index contributed by atoms with van der Waals surface area (Å²) < 4.78 is 8.10. The van der Waals surface area contributed by atoms with Crippen LogP contribution in [0.2, 0.25) is 0 Å². The molecule has 0 unspecified atom stereocenters. The van der Waals surface area contributed by atoms with Crippen molar-refractivity contribution in [2.75, 3.05) is 14.1 Å². The molecular formula is C38H28N4Pt+4. The third-order valence-corrected chi connectivity index (χ3v) is 8.48. The molecule has 0 spiro atoms. The van der Waals surface area contributed by atoms with Gasteiger partial charge in [-0.15, -0.1) is 23.3 Å². The molecule has 206 valence electrons. The Morgan fingerprint density at radius 3 is 1.98 bits per heavy atom. The van der Waals surface area contributed by atoms with Crippen LogP contribution in [-0.4, -0.2) is 39.8 Å². The van der Waals surface area contributed by atoms with E-state index in [1.165, 1.54) is 22.3 Å². The Morgan fingerprint density at radius 1 is 0.628 bits per heavy atom. The van der Waals surface area contributed by atoms with Crippen LogP contribution in [0.1, 0.15) is 27.8 Å². The van der Waals surface area contributed by atoms with Crippen LogP contribution in [0.5, 0.6) is 0 Å². The zero-order chi connectivity index (χ0) is 28.4. The minimum absolute atomic E-state index is 0. The van der Waals surface area contributed by atoms with Crippen LogP contribution in [-0.2, 0) is 26.5 Å². The second-order valence-corrected chi connectivity index (χ2v) is 11.1. The first kappa shape index (κ1) is 27.1. The maximum atomic E-state index is 3.91. The van der Waals surface area contributed by atoms with Gasteiger partial charge in [0, 0.05) is 17.5 Å². The number of fused-ring (bicyclic) bond motifs is 4. The summed E-state index contributed by atoms with van der Waals surface area (Å²) in [6.07, 6.45) is 4.01. The SMILES string of the molecule is Cc1cc([N+]2=C=[N+](C)c3ccccc32)[c-]c(C2(c3[c-]c([N+]4=C=[N+](C)C=C4)ccc3)c3ccccc3-c3ccccc32)c1.[Pt+2]. The number of hydrogen-bond donors (Lipinski definition) is 0. The first-order chi connectivity index (χ1) is 20.5. The van der Waals surface area contributed by atoms with E-state index >= 15 is 0 Å². The van der Waals surface area contributed by atoms with Gasteiger partial charge in [0.25, 0.3) is 17.6 Å². The molecule has 1 aliphatic carbocycles. The molecule has 2 aliphatic heterocycles. The van der Waals surface area contributed by atoms with Gasteiger partial charge in [0.2, 0.25) is 6.20 Å². The van der Waals surface area contributed by atoms with E-state index in [2.05, 4.69) is 139 Å². The zero-order valence-corrected chi connectivity index (χ0v) is 26.3. The Kier molecular flexibility index (Phi) is 6.46. The van der Waals surface area contributed by atoms with Gasteiger partial charge in [0.15, 0.2) is 14.1 Å². The second kappa shape index (κ2) is 10.2. The van der Waals surface area contributed by atoms with E-state index in [1.807, 2.05) is 40.2 Å². The Labute approximate surface area is 266 Å². The van der Waals surface area contributed by atoms with Crippen LogP contribution in [0.3, 0.4) is 0 Å². The van der Waals surface area contributed by atoms with Crippen molar-refractivity contribution in [2.24, 2.45) is 0 Å². The smallest absolute Gasteiger partial charge is 0.166 e. The fourth-order valence-corrected chi connectivity index (χ4v) is 6.71. The molecule has 2 heterocycles. The van der Waals surface area contributed by atoms with E-state index in [-0.39, 0.29) is 21.1 Å². The largest absolute Gasteiger partial charge is 2.00 e. The van der Waals surface area contributed by atoms with Crippen LogP contribution < -0.4 is 4.58 Å². The van der Waals surface area contributed by atoms with E-state index in [1.54, 1.807) is 0 Å². The molecule has 5 aromatic rings. The molecular weight excluding hydrogens is 708 g/mol. The van der Waals surface area contributed by atoms with Crippen LogP contribution in [0.4, 0.5) is 22.7 Å². The second-order valence-electron chi connectivity index (χ2n) is 11.1. The Balaban J connectivity index is 0.00000300. The molecule has 0 fully saturated rings. The molecule has 0 amide bonds. The molecule has 0 saturated heterocycles. The Hall–Kier alpha value is -4.71. The maximum absolute atomic E-state index is 3.91. The molecule has 5 heteroatoms. The fraction of sp³-hybridized carbons (Fsp3) is 0.105. The number of para-hydroxylation sites is 2. The standard InChI is InChI=1S/C38H28N4.Pt/c1-27-21-29(24-31(22-27)42-26-40(3)36-17-8-9-18-37(36)42)38(28-11-10-12-30(23-28)41-20-19-39(2)25-41)34-15-6-4-13-32(34)33-14-5-7-16-35(33)38;/h4-22H,1-3H3;/q2*+2. The van der Waals surface area contributed by atoms with Crippen LogP contribution >= 0.6 is 0 Å². The van der Waals surface area contributed by atoms with Crippen molar-refractivity contribution in [1.29, 1.82) is 0 Å².